The molecule has 0 fully saturated rings. The van der Waals surface area contributed by atoms with Crippen LogP contribution in [-0.2, 0) is 27.2 Å². The van der Waals surface area contributed by atoms with E-state index in [4.69, 9.17) is 0 Å². The summed E-state index contributed by atoms with van der Waals surface area (Å²) in [4.78, 5) is 35.8. The third-order valence-corrected chi connectivity index (χ3v) is 4.64. The lowest BCUT2D eigenvalue weighted by Crippen LogP contribution is -2.52. The van der Waals surface area contributed by atoms with Crippen LogP contribution >= 0.6 is 22.6 Å². The first-order valence-electron chi connectivity index (χ1n) is 8.53. The Morgan fingerprint density at radius 1 is 1.00 bits per heavy atom. The van der Waals surface area contributed by atoms with Crippen LogP contribution in [-0.4, -0.2) is 35.0 Å². The topological polar surface area (TPSA) is 95.5 Å². The summed E-state index contributed by atoms with van der Waals surface area (Å²) < 4.78 is 14.4. The molecule has 0 unspecified atom stereocenters. The molecule has 0 aliphatic carbocycles. The third kappa shape index (κ3) is 6.91. The molecule has 3 N–H and O–H groups in total. The average molecular weight is 498 g/mol. The maximum atomic E-state index is 13.4. The van der Waals surface area contributed by atoms with Gasteiger partial charge in [-0.2, -0.15) is 0 Å². The molecule has 2 aromatic rings. The molecular weight excluding hydrogens is 478 g/mol. The van der Waals surface area contributed by atoms with Gasteiger partial charge in [0, 0.05) is 23.3 Å². The van der Waals surface area contributed by atoms with Gasteiger partial charge in [-0.3, -0.25) is 9.59 Å². The van der Waals surface area contributed by atoms with Crippen molar-refractivity contribution in [3.63, 3.8) is 0 Å². The third-order valence-electron chi connectivity index (χ3n) is 3.97. The van der Waals surface area contributed by atoms with Crippen molar-refractivity contribution in [3.05, 3.63) is 69.0 Å². The fourth-order valence-electron chi connectivity index (χ4n) is 2.73. The number of nitrogens with one attached hydrogen (secondary N) is 2. The quantitative estimate of drug-likeness (QED) is 0.487. The molecule has 2 aromatic carbocycles. The molecule has 2 rings (SSSR count). The van der Waals surface area contributed by atoms with Gasteiger partial charge in [0.25, 0.3) is 0 Å². The number of hydrogen-bond donors (Lipinski definition) is 3. The van der Waals surface area contributed by atoms with Crippen molar-refractivity contribution in [3.8, 4) is 0 Å². The number of carbonyl (C=O) groups is 3. The van der Waals surface area contributed by atoms with Crippen LogP contribution in [0.25, 0.3) is 0 Å². The smallest absolute Gasteiger partial charge is 0.326 e. The zero-order valence-electron chi connectivity index (χ0n) is 15.1. The van der Waals surface area contributed by atoms with E-state index in [-0.39, 0.29) is 12.8 Å². The predicted molar refractivity (Wildman–Crippen MR) is 110 cm³/mol. The summed E-state index contributed by atoms with van der Waals surface area (Å²) in [7, 11) is 0. The Morgan fingerprint density at radius 3 is 2.18 bits per heavy atom. The SMILES string of the molecule is CC(=O)N[C@H](Cc1cccc(F)c1)C(=O)N[C@@H](Cc1cccc(I)c1)C(=O)O. The number of carboxylic acids is 1. The first-order chi connectivity index (χ1) is 13.2. The maximum absolute atomic E-state index is 13.4. The molecule has 0 spiro atoms. The number of carbonyl (C=O) groups excluding carboxylic acids is 2. The largest absolute Gasteiger partial charge is 0.480 e. The Kier molecular flexibility index (Phi) is 7.91. The fraction of sp³-hybridized carbons (Fsp3) is 0.250. The van der Waals surface area contributed by atoms with Crippen LogP contribution in [0.3, 0.4) is 0 Å². The first-order valence-corrected chi connectivity index (χ1v) is 9.61. The van der Waals surface area contributed by atoms with Crippen LogP contribution in [0, 0.1) is 9.39 Å². The Morgan fingerprint density at radius 2 is 1.61 bits per heavy atom. The van der Waals surface area contributed by atoms with E-state index in [1.807, 2.05) is 18.2 Å². The molecule has 2 amide bonds. The van der Waals surface area contributed by atoms with Gasteiger partial charge in [0.15, 0.2) is 0 Å². The summed E-state index contributed by atoms with van der Waals surface area (Å²) in [5.41, 5.74) is 1.28. The van der Waals surface area contributed by atoms with Crippen LogP contribution in [0.1, 0.15) is 18.1 Å². The van der Waals surface area contributed by atoms with E-state index >= 15 is 0 Å². The molecule has 148 valence electrons. The summed E-state index contributed by atoms with van der Waals surface area (Å²) in [6.45, 7) is 1.26. The zero-order chi connectivity index (χ0) is 20.7. The van der Waals surface area contributed by atoms with Gasteiger partial charge in [0.2, 0.25) is 11.8 Å². The van der Waals surface area contributed by atoms with Gasteiger partial charge in [0.05, 0.1) is 0 Å². The molecule has 0 aromatic heterocycles. The molecular formula is C20H20FIN2O4. The van der Waals surface area contributed by atoms with Crippen LogP contribution in [0.5, 0.6) is 0 Å². The number of benzene rings is 2. The lowest BCUT2D eigenvalue weighted by Gasteiger charge is -2.21. The van der Waals surface area contributed by atoms with E-state index in [9.17, 15) is 23.9 Å². The van der Waals surface area contributed by atoms with Crippen molar-refractivity contribution in [1.29, 1.82) is 0 Å². The Hall–Kier alpha value is -2.49. The number of hydrogen-bond acceptors (Lipinski definition) is 3. The molecule has 0 aliphatic rings. The highest BCUT2D eigenvalue weighted by molar-refractivity contribution is 14.1. The van der Waals surface area contributed by atoms with Gasteiger partial charge in [-0.05, 0) is 58.0 Å². The van der Waals surface area contributed by atoms with Gasteiger partial charge in [-0.1, -0.05) is 24.3 Å². The second kappa shape index (κ2) is 10.2. The van der Waals surface area contributed by atoms with E-state index in [1.54, 1.807) is 12.1 Å². The molecule has 0 bridgehead atoms. The fourth-order valence-corrected chi connectivity index (χ4v) is 3.33. The van der Waals surface area contributed by atoms with Crippen molar-refractivity contribution in [2.75, 3.05) is 0 Å². The normalized spacial score (nSPS) is 12.7. The van der Waals surface area contributed by atoms with E-state index in [1.165, 1.54) is 25.1 Å². The monoisotopic (exact) mass is 498 g/mol. The molecule has 0 radical (unpaired) electrons. The molecule has 2 atom stereocenters. The van der Waals surface area contributed by atoms with Crippen LogP contribution in [0.2, 0.25) is 0 Å². The maximum Gasteiger partial charge on any atom is 0.326 e. The van der Waals surface area contributed by atoms with E-state index in [0.29, 0.717) is 5.56 Å². The van der Waals surface area contributed by atoms with Crippen molar-refractivity contribution < 1.29 is 23.9 Å². The minimum Gasteiger partial charge on any atom is -0.480 e. The minimum absolute atomic E-state index is 0.0404. The van der Waals surface area contributed by atoms with E-state index in [2.05, 4.69) is 33.2 Å². The van der Waals surface area contributed by atoms with Gasteiger partial charge in [0.1, 0.15) is 17.9 Å². The van der Waals surface area contributed by atoms with Crippen molar-refractivity contribution in [2.24, 2.45) is 0 Å². The predicted octanol–water partition coefficient (Wildman–Crippen LogP) is 2.29. The van der Waals surface area contributed by atoms with Gasteiger partial charge >= 0.3 is 5.97 Å². The highest BCUT2D eigenvalue weighted by Gasteiger charge is 2.26. The van der Waals surface area contributed by atoms with Crippen LogP contribution in [0.4, 0.5) is 4.39 Å². The molecule has 6 nitrogen and oxygen atoms in total. The molecule has 0 saturated carbocycles. The average Bonchev–Trinajstić information content (AvgIpc) is 2.60. The number of aliphatic carboxylic acids is 1. The first kappa shape index (κ1) is 21.8. The highest BCUT2D eigenvalue weighted by atomic mass is 127. The second-order valence-corrected chi connectivity index (χ2v) is 7.57. The van der Waals surface area contributed by atoms with Crippen LogP contribution < -0.4 is 10.6 Å². The number of rotatable bonds is 8. The van der Waals surface area contributed by atoms with Crippen molar-refractivity contribution >= 4 is 40.4 Å². The van der Waals surface area contributed by atoms with Gasteiger partial charge in [-0.15, -0.1) is 0 Å². The molecule has 0 heterocycles. The molecule has 28 heavy (non-hydrogen) atoms. The number of amides is 2. The molecule has 0 aliphatic heterocycles. The lowest BCUT2D eigenvalue weighted by atomic mass is 10.0. The Labute approximate surface area is 175 Å². The summed E-state index contributed by atoms with van der Waals surface area (Å²) in [6.07, 6.45) is 0.142. The minimum atomic E-state index is -1.18. The molecule has 0 saturated heterocycles. The van der Waals surface area contributed by atoms with E-state index in [0.717, 1.165) is 9.13 Å². The molecule has 8 heteroatoms. The van der Waals surface area contributed by atoms with Crippen molar-refractivity contribution in [1.82, 2.24) is 10.6 Å². The van der Waals surface area contributed by atoms with Gasteiger partial charge < -0.3 is 15.7 Å². The van der Waals surface area contributed by atoms with E-state index < -0.39 is 35.7 Å². The standard InChI is InChI=1S/C20H20FIN2O4/c1-12(25)23-17(10-13-4-2-6-15(21)8-13)19(26)24-18(20(27)28)11-14-5-3-7-16(22)9-14/h2-9,17-18H,10-11H2,1H3,(H,23,25)(H,24,26)(H,27,28)/t17-,18+/m1/s1. The summed E-state index contributed by atoms with van der Waals surface area (Å²) >= 11 is 2.12. The lowest BCUT2D eigenvalue weighted by molar-refractivity contribution is -0.142. The highest BCUT2D eigenvalue weighted by Crippen LogP contribution is 2.11. The van der Waals surface area contributed by atoms with Gasteiger partial charge in [-0.25, -0.2) is 9.18 Å². The van der Waals surface area contributed by atoms with Crippen LogP contribution in [0.15, 0.2) is 48.5 Å². The zero-order valence-corrected chi connectivity index (χ0v) is 17.3. The Balaban J connectivity index is 2.14. The summed E-state index contributed by atoms with van der Waals surface area (Å²) in [5, 5.41) is 14.5. The second-order valence-electron chi connectivity index (χ2n) is 6.32. The number of carboxylic acid groups (broad SMARTS) is 1. The summed E-state index contributed by atoms with van der Waals surface area (Å²) in [5.74, 6) is -2.72. The Bertz CT molecular complexity index is 875. The van der Waals surface area contributed by atoms with Crippen molar-refractivity contribution in [2.45, 2.75) is 31.8 Å². The number of halogens is 2. The summed E-state index contributed by atoms with van der Waals surface area (Å²) in [6, 6.07) is 10.8.